The highest BCUT2D eigenvalue weighted by Gasteiger charge is 2.17. The fourth-order valence-corrected chi connectivity index (χ4v) is 2.12. The SMILES string of the molecule is COCCC(N)C(=O)N(C)Cc1cccs1. The maximum Gasteiger partial charge on any atom is 0.239 e. The summed E-state index contributed by atoms with van der Waals surface area (Å²) in [5.41, 5.74) is 5.77. The number of methoxy groups -OCH3 is 1. The molecule has 0 saturated carbocycles. The number of hydrogen-bond donors (Lipinski definition) is 1. The minimum absolute atomic E-state index is 0.0366. The Kier molecular flexibility index (Phi) is 5.45. The van der Waals surface area contributed by atoms with Crippen molar-refractivity contribution in [1.82, 2.24) is 4.90 Å². The van der Waals surface area contributed by atoms with Gasteiger partial charge in [-0.15, -0.1) is 11.3 Å². The van der Waals surface area contributed by atoms with Gasteiger partial charge in [0.2, 0.25) is 5.91 Å². The first-order valence-electron chi connectivity index (χ1n) is 5.17. The van der Waals surface area contributed by atoms with Gasteiger partial charge >= 0.3 is 0 Å². The number of carbonyl (C=O) groups is 1. The minimum atomic E-state index is -0.468. The smallest absolute Gasteiger partial charge is 0.239 e. The van der Waals surface area contributed by atoms with Crippen molar-refractivity contribution < 1.29 is 9.53 Å². The lowest BCUT2D eigenvalue weighted by molar-refractivity contribution is -0.132. The molecule has 0 aliphatic rings. The Labute approximate surface area is 100 Å². The number of nitrogens with two attached hydrogens (primary N) is 1. The molecular weight excluding hydrogens is 224 g/mol. The Balaban J connectivity index is 2.41. The lowest BCUT2D eigenvalue weighted by Crippen LogP contribution is -2.41. The van der Waals surface area contributed by atoms with Crippen molar-refractivity contribution in [3.8, 4) is 0 Å². The van der Waals surface area contributed by atoms with Crippen LogP contribution < -0.4 is 5.73 Å². The fraction of sp³-hybridized carbons (Fsp3) is 0.545. The summed E-state index contributed by atoms with van der Waals surface area (Å²) in [5.74, 6) is -0.0366. The van der Waals surface area contributed by atoms with Crippen molar-refractivity contribution in [3.63, 3.8) is 0 Å². The number of nitrogens with zero attached hydrogens (tertiary/aromatic N) is 1. The molecule has 5 heteroatoms. The number of ether oxygens (including phenoxy) is 1. The quantitative estimate of drug-likeness (QED) is 0.812. The number of thiophene rings is 1. The predicted molar refractivity (Wildman–Crippen MR) is 65.3 cm³/mol. The highest BCUT2D eigenvalue weighted by molar-refractivity contribution is 7.09. The van der Waals surface area contributed by atoms with Crippen molar-refractivity contribution in [3.05, 3.63) is 22.4 Å². The van der Waals surface area contributed by atoms with E-state index >= 15 is 0 Å². The van der Waals surface area contributed by atoms with Crippen molar-refractivity contribution >= 4 is 17.2 Å². The Hall–Kier alpha value is -0.910. The van der Waals surface area contributed by atoms with Gasteiger partial charge in [0.25, 0.3) is 0 Å². The predicted octanol–water partition coefficient (Wildman–Crippen LogP) is 1.07. The molecule has 0 saturated heterocycles. The first kappa shape index (κ1) is 13.2. The Bertz CT molecular complexity index is 314. The largest absolute Gasteiger partial charge is 0.385 e. The third-order valence-electron chi connectivity index (χ3n) is 2.30. The van der Waals surface area contributed by atoms with Crippen molar-refractivity contribution in [2.75, 3.05) is 20.8 Å². The van der Waals surface area contributed by atoms with Gasteiger partial charge in [-0.05, 0) is 17.9 Å². The van der Waals surface area contributed by atoms with Gasteiger partial charge in [-0.1, -0.05) is 6.07 Å². The third kappa shape index (κ3) is 3.92. The first-order valence-corrected chi connectivity index (χ1v) is 6.05. The van der Waals surface area contributed by atoms with Crippen LogP contribution in [0, 0.1) is 0 Å². The van der Waals surface area contributed by atoms with Crippen LogP contribution in [0.2, 0.25) is 0 Å². The van der Waals surface area contributed by atoms with E-state index in [1.165, 1.54) is 0 Å². The summed E-state index contributed by atoms with van der Waals surface area (Å²) < 4.78 is 4.90. The molecule has 0 radical (unpaired) electrons. The van der Waals surface area contributed by atoms with E-state index in [0.717, 1.165) is 4.88 Å². The normalized spacial score (nSPS) is 12.4. The highest BCUT2D eigenvalue weighted by Crippen LogP contribution is 2.11. The third-order valence-corrected chi connectivity index (χ3v) is 3.16. The number of carbonyl (C=O) groups excluding carboxylic acids is 1. The zero-order valence-corrected chi connectivity index (χ0v) is 10.5. The Morgan fingerprint density at radius 2 is 2.44 bits per heavy atom. The molecule has 0 fully saturated rings. The second-order valence-corrected chi connectivity index (χ2v) is 4.69. The number of likely N-dealkylation sites (N-methyl/N-ethyl adjacent to an activating group) is 1. The lowest BCUT2D eigenvalue weighted by atomic mass is 10.2. The Morgan fingerprint density at radius 3 is 3.00 bits per heavy atom. The number of amides is 1. The molecule has 4 nitrogen and oxygen atoms in total. The Morgan fingerprint density at radius 1 is 1.69 bits per heavy atom. The van der Waals surface area contributed by atoms with Crippen LogP contribution in [-0.2, 0) is 16.1 Å². The standard InChI is InChI=1S/C11H18N2O2S/c1-13(8-9-4-3-7-16-9)11(14)10(12)5-6-15-2/h3-4,7,10H,5-6,8,12H2,1-2H3. The lowest BCUT2D eigenvalue weighted by Gasteiger charge is -2.20. The molecule has 90 valence electrons. The molecule has 0 spiro atoms. The molecule has 1 heterocycles. The summed E-state index contributed by atoms with van der Waals surface area (Å²) in [4.78, 5) is 14.6. The van der Waals surface area contributed by atoms with E-state index in [4.69, 9.17) is 10.5 Å². The molecule has 1 aromatic rings. The second kappa shape index (κ2) is 6.62. The highest BCUT2D eigenvalue weighted by atomic mass is 32.1. The molecule has 1 rings (SSSR count). The van der Waals surface area contributed by atoms with E-state index in [1.807, 2.05) is 17.5 Å². The van der Waals surface area contributed by atoms with Gasteiger partial charge in [0, 0.05) is 25.6 Å². The summed E-state index contributed by atoms with van der Waals surface area (Å²) in [6.07, 6.45) is 0.560. The molecule has 0 aliphatic carbocycles. The average Bonchev–Trinajstić information content (AvgIpc) is 2.77. The molecule has 1 amide bonds. The maximum absolute atomic E-state index is 11.8. The van der Waals surface area contributed by atoms with Crippen molar-refractivity contribution in [2.24, 2.45) is 5.73 Å². The number of hydrogen-bond acceptors (Lipinski definition) is 4. The van der Waals surface area contributed by atoms with Gasteiger partial charge < -0.3 is 15.4 Å². The van der Waals surface area contributed by atoms with E-state index in [9.17, 15) is 4.79 Å². The zero-order valence-electron chi connectivity index (χ0n) is 9.68. The molecule has 0 bridgehead atoms. The van der Waals surface area contributed by atoms with Crippen molar-refractivity contribution in [1.29, 1.82) is 0 Å². The molecule has 1 aromatic heterocycles. The maximum atomic E-state index is 11.8. The number of rotatable bonds is 6. The van der Waals surface area contributed by atoms with Gasteiger partial charge in [-0.25, -0.2) is 0 Å². The molecule has 16 heavy (non-hydrogen) atoms. The molecule has 1 atom stereocenters. The molecule has 0 aliphatic heterocycles. The second-order valence-electron chi connectivity index (χ2n) is 3.66. The summed E-state index contributed by atoms with van der Waals surface area (Å²) in [6, 6.07) is 3.52. The van der Waals surface area contributed by atoms with E-state index in [1.54, 1.807) is 30.4 Å². The van der Waals surface area contributed by atoms with Crippen LogP contribution >= 0.6 is 11.3 Å². The first-order chi connectivity index (χ1) is 7.65. The van der Waals surface area contributed by atoms with Crippen LogP contribution in [0.1, 0.15) is 11.3 Å². The fourth-order valence-electron chi connectivity index (χ4n) is 1.37. The van der Waals surface area contributed by atoms with E-state index in [0.29, 0.717) is 19.6 Å². The van der Waals surface area contributed by atoms with Crippen LogP contribution in [0.4, 0.5) is 0 Å². The van der Waals surface area contributed by atoms with Gasteiger partial charge in [0.05, 0.1) is 12.6 Å². The van der Waals surface area contributed by atoms with Crippen LogP contribution in [0.3, 0.4) is 0 Å². The monoisotopic (exact) mass is 242 g/mol. The summed E-state index contributed by atoms with van der Waals surface area (Å²) in [6.45, 7) is 1.14. The van der Waals surface area contributed by atoms with Crippen LogP contribution in [-0.4, -0.2) is 37.6 Å². The van der Waals surface area contributed by atoms with Gasteiger partial charge in [0.1, 0.15) is 0 Å². The summed E-state index contributed by atoms with van der Waals surface area (Å²) in [7, 11) is 3.38. The van der Waals surface area contributed by atoms with Gasteiger partial charge in [-0.2, -0.15) is 0 Å². The topological polar surface area (TPSA) is 55.6 Å². The van der Waals surface area contributed by atoms with Crippen LogP contribution in [0.15, 0.2) is 17.5 Å². The van der Waals surface area contributed by atoms with E-state index in [2.05, 4.69) is 0 Å². The average molecular weight is 242 g/mol. The van der Waals surface area contributed by atoms with Gasteiger partial charge in [0.15, 0.2) is 0 Å². The zero-order chi connectivity index (χ0) is 12.0. The van der Waals surface area contributed by atoms with E-state index in [-0.39, 0.29) is 5.91 Å². The van der Waals surface area contributed by atoms with Crippen molar-refractivity contribution in [2.45, 2.75) is 19.0 Å². The van der Waals surface area contributed by atoms with Crippen LogP contribution in [0.25, 0.3) is 0 Å². The molecule has 1 unspecified atom stereocenters. The molecule has 2 N–H and O–H groups in total. The molecule has 0 aromatic carbocycles. The van der Waals surface area contributed by atoms with Crippen LogP contribution in [0.5, 0.6) is 0 Å². The minimum Gasteiger partial charge on any atom is -0.385 e. The molecular formula is C11H18N2O2S. The van der Waals surface area contributed by atoms with E-state index < -0.39 is 6.04 Å². The summed E-state index contributed by atoms with van der Waals surface area (Å²) in [5, 5.41) is 2.00. The van der Waals surface area contributed by atoms with Gasteiger partial charge in [-0.3, -0.25) is 4.79 Å². The summed E-state index contributed by atoms with van der Waals surface area (Å²) >= 11 is 1.64.